The van der Waals surface area contributed by atoms with E-state index < -0.39 is 23.4 Å². The molecular weight excluding hydrogens is 190 g/mol. The van der Waals surface area contributed by atoms with Gasteiger partial charge >= 0.3 is 6.03 Å². The highest BCUT2D eigenvalue weighted by molar-refractivity contribution is 5.89. The van der Waals surface area contributed by atoms with E-state index in [1.807, 2.05) is 0 Å². The lowest BCUT2D eigenvalue weighted by Gasteiger charge is -2.07. The highest BCUT2D eigenvalue weighted by Crippen LogP contribution is 2.19. The van der Waals surface area contributed by atoms with Crippen LogP contribution in [0.3, 0.4) is 0 Å². The fourth-order valence-electron chi connectivity index (χ4n) is 0.995. The van der Waals surface area contributed by atoms with Gasteiger partial charge in [0.15, 0.2) is 0 Å². The van der Waals surface area contributed by atoms with Crippen LogP contribution in [0.15, 0.2) is 12.1 Å². The van der Waals surface area contributed by atoms with E-state index in [0.717, 1.165) is 12.1 Å². The third-order valence-electron chi connectivity index (χ3n) is 1.65. The molecule has 0 heterocycles. The van der Waals surface area contributed by atoms with Gasteiger partial charge in [0.1, 0.15) is 17.3 Å². The highest BCUT2D eigenvalue weighted by Gasteiger charge is 2.11. The molecule has 0 radical (unpaired) electrons. The van der Waals surface area contributed by atoms with E-state index in [1.54, 1.807) is 6.92 Å². The van der Waals surface area contributed by atoms with Gasteiger partial charge in [0.2, 0.25) is 0 Å². The van der Waals surface area contributed by atoms with Crippen molar-refractivity contribution in [3.63, 3.8) is 0 Å². The standard InChI is InChI=1S/C9H10F2N2O/c1-5-3-6(10)8(7(11)4-5)13-9(14)12-2/h3-4H,1-2H3,(H2,12,13,14). The van der Waals surface area contributed by atoms with Crippen molar-refractivity contribution in [1.29, 1.82) is 0 Å². The van der Waals surface area contributed by atoms with Gasteiger partial charge in [-0.15, -0.1) is 0 Å². The molecule has 0 aliphatic rings. The van der Waals surface area contributed by atoms with E-state index >= 15 is 0 Å². The Labute approximate surface area is 80.1 Å². The molecule has 0 fully saturated rings. The zero-order valence-electron chi connectivity index (χ0n) is 7.82. The normalized spacial score (nSPS) is 9.71. The number of urea groups is 1. The molecule has 0 saturated carbocycles. The minimum Gasteiger partial charge on any atom is -0.341 e. The van der Waals surface area contributed by atoms with E-state index in [9.17, 15) is 13.6 Å². The maximum absolute atomic E-state index is 13.1. The summed E-state index contributed by atoms with van der Waals surface area (Å²) >= 11 is 0. The van der Waals surface area contributed by atoms with Crippen LogP contribution in [-0.4, -0.2) is 13.1 Å². The minimum atomic E-state index is -0.786. The summed E-state index contributed by atoms with van der Waals surface area (Å²) in [5.74, 6) is -1.57. The van der Waals surface area contributed by atoms with E-state index in [-0.39, 0.29) is 0 Å². The van der Waals surface area contributed by atoms with E-state index in [1.165, 1.54) is 7.05 Å². The minimum absolute atomic E-state index is 0.435. The summed E-state index contributed by atoms with van der Waals surface area (Å²) < 4.78 is 26.3. The second kappa shape index (κ2) is 4.04. The van der Waals surface area contributed by atoms with Crippen molar-refractivity contribution in [2.75, 3.05) is 12.4 Å². The monoisotopic (exact) mass is 200 g/mol. The topological polar surface area (TPSA) is 41.1 Å². The van der Waals surface area contributed by atoms with Crippen molar-refractivity contribution in [2.45, 2.75) is 6.92 Å². The molecule has 0 aromatic heterocycles. The second-order valence-corrected chi connectivity index (χ2v) is 2.81. The number of aryl methyl sites for hydroxylation is 1. The number of carbonyl (C=O) groups is 1. The zero-order valence-corrected chi connectivity index (χ0v) is 7.82. The fourth-order valence-corrected chi connectivity index (χ4v) is 0.995. The van der Waals surface area contributed by atoms with Gasteiger partial charge in [0.05, 0.1) is 0 Å². The molecule has 0 unspecified atom stereocenters. The molecule has 14 heavy (non-hydrogen) atoms. The first-order valence-electron chi connectivity index (χ1n) is 3.99. The van der Waals surface area contributed by atoms with Crippen LogP contribution >= 0.6 is 0 Å². The predicted octanol–water partition coefficient (Wildman–Crippen LogP) is 2.02. The van der Waals surface area contributed by atoms with Crippen LogP contribution in [0.25, 0.3) is 0 Å². The second-order valence-electron chi connectivity index (χ2n) is 2.81. The number of hydrogen-bond donors (Lipinski definition) is 2. The first-order chi connectivity index (χ1) is 6.54. The van der Waals surface area contributed by atoms with Crippen LogP contribution < -0.4 is 10.6 Å². The number of rotatable bonds is 1. The van der Waals surface area contributed by atoms with Crippen molar-refractivity contribution in [3.8, 4) is 0 Å². The number of carbonyl (C=O) groups excluding carboxylic acids is 1. The summed E-state index contributed by atoms with van der Waals surface area (Å²) in [6.07, 6.45) is 0. The van der Waals surface area contributed by atoms with Crippen LogP contribution in [0.5, 0.6) is 0 Å². The zero-order chi connectivity index (χ0) is 10.7. The molecule has 1 aromatic carbocycles. The summed E-state index contributed by atoms with van der Waals surface area (Å²) in [5.41, 5.74) is 0.0254. The number of benzene rings is 1. The Bertz CT molecular complexity index is 343. The molecule has 0 saturated heterocycles. The van der Waals surface area contributed by atoms with Gasteiger partial charge in [-0.05, 0) is 24.6 Å². The maximum atomic E-state index is 13.1. The molecule has 76 valence electrons. The summed E-state index contributed by atoms with van der Waals surface area (Å²) in [6.45, 7) is 1.57. The van der Waals surface area contributed by atoms with Crippen LogP contribution in [-0.2, 0) is 0 Å². The van der Waals surface area contributed by atoms with Crippen LogP contribution in [0.1, 0.15) is 5.56 Å². The summed E-state index contributed by atoms with van der Waals surface area (Å²) in [4.78, 5) is 10.8. The highest BCUT2D eigenvalue weighted by atomic mass is 19.1. The average Bonchev–Trinajstić information content (AvgIpc) is 2.10. The smallest absolute Gasteiger partial charge is 0.319 e. The van der Waals surface area contributed by atoms with Crippen LogP contribution in [0, 0.1) is 18.6 Å². The quantitative estimate of drug-likeness (QED) is 0.715. The van der Waals surface area contributed by atoms with Crippen molar-refractivity contribution in [1.82, 2.24) is 5.32 Å². The predicted molar refractivity (Wildman–Crippen MR) is 49.2 cm³/mol. The fraction of sp³-hybridized carbons (Fsp3) is 0.222. The van der Waals surface area contributed by atoms with Crippen molar-refractivity contribution in [3.05, 3.63) is 29.3 Å². The lowest BCUT2D eigenvalue weighted by molar-refractivity contribution is 0.253. The Kier molecular flexibility index (Phi) is 3.01. The average molecular weight is 200 g/mol. The number of hydrogen-bond acceptors (Lipinski definition) is 1. The lowest BCUT2D eigenvalue weighted by Crippen LogP contribution is -2.25. The molecule has 5 heteroatoms. The summed E-state index contributed by atoms with van der Waals surface area (Å²) in [5, 5.41) is 4.25. The van der Waals surface area contributed by atoms with Crippen molar-refractivity contribution < 1.29 is 13.6 Å². The molecule has 0 atom stereocenters. The van der Waals surface area contributed by atoms with Crippen LogP contribution in [0.4, 0.5) is 19.3 Å². The number of nitrogens with one attached hydrogen (secondary N) is 2. The van der Waals surface area contributed by atoms with Gasteiger partial charge < -0.3 is 10.6 Å². The Morgan fingerprint density at radius 1 is 1.29 bits per heavy atom. The number of halogens is 2. The van der Waals surface area contributed by atoms with E-state index in [4.69, 9.17) is 0 Å². The molecule has 0 bridgehead atoms. The number of amides is 2. The first kappa shape index (κ1) is 10.4. The molecule has 1 rings (SSSR count). The van der Waals surface area contributed by atoms with E-state index in [0.29, 0.717) is 5.56 Å². The van der Waals surface area contributed by atoms with Gasteiger partial charge in [0.25, 0.3) is 0 Å². The van der Waals surface area contributed by atoms with Crippen molar-refractivity contribution >= 4 is 11.7 Å². The van der Waals surface area contributed by atoms with E-state index in [2.05, 4.69) is 10.6 Å². The third kappa shape index (κ3) is 2.18. The molecular formula is C9H10F2N2O. The maximum Gasteiger partial charge on any atom is 0.319 e. The summed E-state index contributed by atoms with van der Waals surface area (Å²) in [7, 11) is 1.36. The molecule has 0 spiro atoms. The Hall–Kier alpha value is -1.65. The number of anilines is 1. The molecule has 2 amide bonds. The SMILES string of the molecule is CNC(=O)Nc1c(F)cc(C)cc1F. The molecule has 2 N–H and O–H groups in total. The molecule has 1 aromatic rings. The Balaban J connectivity index is 3.02. The third-order valence-corrected chi connectivity index (χ3v) is 1.65. The largest absolute Gasteiger partial charge is 0.341 e. The van der Waals surface area contributed by atoms with Gasteiger partial charge in [-0.25, -0.2) is 13.6 Å². The first-order valence-corrected chi connectivity index (χ1v) is 3.99. The summed E-state index contributed by atoms with van der Waals surface area (Å²) in [6, 6.07) is 1.63. The van der Waals surface area contributed by atoms with Gasteiger partial charge in [-0.2, -0.15) is 0 Å². The lowest BCUT2D eigenvalue weighted by atomic mass is 10.2. The Morgan fingerprint density at radius 2 is 1.79 bits per heavy atom. The Morgan fingerprint density at radius 3 is 2.21 bits per heavy atom. The van der Waals surface area contributed by atoms with Gasteiger partial charge in [-0.1, -0.05) is 0 Å². The molecule has 0 aliphatic heterocycles. The molecule has 0 aliphatic carbocycles. The van der Waals surface area contributed by atoms with Gasteiger partial charge in [0, 0.05) is 7.05 Å². The van der Waals surface area contributed by atoms with Gasteiger partial charge in [-0.3, -0.25) is 0 Å². The van der Waals surface area contributed by atoms with Crippen LogP contribution in [0.2, 0.25) is 0 Å². The molecule has 3 nitrogen and oxygen atoms in total. The van der Waals surface area contributed by atoms with Crippen molar-refractivity contribution in [2.24, 2.45) is 0 Å².